The topological polar surface area (TPSA) is 75.7 Å². The van der Waals surface area contributed by atoms with Crippen molar-refractivity contribution in [1.29, 1.82) is 0 Å². The summed E-state index contributed by atoms with van der Waals surface area (Å²) in [4.78, 5) is 13.6. The average Bonchev–Trinajstić information content (AvgIpc) is 2.36. The van der Waals surface area contributed by atoms with Crippen LogP contribution >= 0.6 is 11.6 Å². The minimum Gasteiger partial charge on any atom is -0.444 e. The third-order valence-electron chi connectivity index (χ3n) is 3.45. The first-order chi connectivity index (χ1) is 10.0. The summed E-state index contributed by atoms with van der Waals surface area (Å²) in [6.45, 7) is 7.99. The second kappa shape index (κ2) is 7.84. The van der Waals surface area contributed by atoms with Crippen LogP contribution in [0.25, 0.3) is 0 Å². The molecule has 1 heterocycles. The predicted molar refractivity (Wildman–Crippen MR) is 87.7 cm³/mol. The number of nitrogens with zero attached hydrogens (tertiary/aromatic N) is 1. The minimum atomic E-state index is -3.42. The van der Waals surface area contributed by atoms with Crippen molar-refractivity contribution in [3.63, 3.8) is 0 Å². The second-order valence-corrected chi connectivity index (χ2v) is 9.23. The van der Waals surface area contributed by atoms with Crippen molar-refractivity contribution in [3.05, 3.63) is 0 Å². The number of carbonyl (C=O) groups is 1. The number of sulfonamides is 1. The van der Waals surface area contributed by atoms with Crippen molar-refractivity contribution in [3.8, 4) is 0 Å². The number of ether oxygens (including phenoxy) is 1. The number of halogens is 1. The van der Waals surface area contributed by atoms with Crippen molar-refractivity contribution >= 4 is 27.7 Å². The summed E-state index contributed by atoms with van der Waals surface area (Å²) < 4.78 is 32.4. The van der Waals surface area contributed by atoms with Gasteiger partial charge in [0.2, 0.25) is 10.0 Å². The fourth-order valence-corrected chi connectivity index (χ4v) is 4.00. The van der Waals surface area contributed by atoms with E-state index < -0.39 is 27.0 Å². The van der Waals surface area contributed by atoms with Crippen molar-refractivity contribution in [2.45, 2.75) is 63.9 Å². The molecule has 1 fully saturated rings. The van der Waals surface area contributed by atoms with E-state index in [0.717, 1.165) is 6.42 Å². The van der Waals surface area contributed by atoms with Gasteiger partial charge in [-0.3, -0.25) is 0 Å². The molecule has 0 aromatic heterocycles. The Morgan fingerprint density at radius 2 is 2.09 bits per heavy atom. The summed E-state index contributed by atoms with van der Waals surface area (Å²) in [6.07, 6.45) is 1.46. The standard InChI is InChI=1S/C14H27ClN2O4S/c1-11(7-8-15)22(19,20)16-12-6-5-9-17(10-12)13(18)21-14(2,3)4/h11-12,16H,5-10H2,1-4H3/t11-,12-/m0/s1. The zero-order valence-corrected chi connectivity index (χ0v) is 15.3. The molecule has 1 aliphatic rings. The Balaban J connectivity index is 2.62. The molecule has 0 aliphatic carbocycles. The van der Waals surface area contributed by atoms with E-state index >= 15 is 0 Å². The summed E-state index contributed by atoms with van der Waals surface area (Å²) >= 11 is 5.61. The summed E-state index contributed by atoms with van der Waals surface area (Å²) in [7, 11) is -3.42. The van der Waals surface area contributed by atoms with Crippen LogP contribution in [0, 0.1) is 0 Å². The lowest BCUT2D eigenvalue weighted by Crippen LogP contribution is -2.51. The zero-order chi connectivity index (χ0) is 17.0. The second-order valence-electron chi connectivity index (χ2n) is 6.72. The fraction of sp³-hybridized carbons (Fsp3) is 0.929. The van der Waals surface area contributed by atoms with Crippen LogP contribution in [0.15, 0.2) is 0 Å². The van der Waals surface area contributed by atoms with Gasteiger partial charge in [0, 0.05) is 25.0 Å². The van der Waals surface area contributed by atoms with Crippen LogP contribution < -0.4 is 4.72 Å². The maximum atomic E-state index is 12.2. The van der Waals surface area contributed by atoms with Crippen LogP contribution in [-0.4, -0.2) is 55.3 Å². The van der Waals surface area contributed by atoms with E-state index in [9.17, 15) is 13.2 Å². The lowest BCUT2D eigenvalue weighted by Gasteiger charge is -2.34. The minimum absolute atomic E-state index is 0.274. The molecule has 0 aromatic rings. The Labute approximate surface area is 138 Å². The SMILES string of the molecule is C[C@@H](CCCl)S(=O)(=O)N[C@H]1CCCN(C(=O)OC(C)(C)C)C1. The Kier molecular flexibility index (Phi) is 6.95. The molecule has 1 rings (SSSR count). The monoisotopic (exact) mass is 354 g/mol. The van der Waals surface area contributed by atoms with E-state index in [-0.39, 0.29) is 6.04 Å². The lowest BCUT2D eigenvalue weighted by atomic mass is 10.1. The maximum Gasteiger partial charge on any atom is 0.410 e. The molecule has 0 spiro atoms. The number of likely N-dealkylation sites (tertiary alicyclic amines) is 1. The molecule has 0 saturated carbocycles. The number of alkyl halides is 1. The summed E-state index contributed by atoms with van der Waals surface area (Å²) in [5.41, 5.74) is -0.557. The maximum absolute atomic E-state index is 12.2. The van der Waals surface area contributed by atoms with Gasteiger partial charge in [0.25, 0.3) is 0 Å². The van der Waals surface area contributed by atoms with Crippen LogP contribution in [0.5, 0.6) is 0 Å². The highest BCUT2D eigenvalue weighted by Gasteiger charge is 2.31. The first-order valence-corrected chi connectivity index (χ1v) is 9.68. The average molecular weight is 355 g/mol. The van der Waals surface area contributed by atoms with Gasteiger partial charge >= 0.3 is 6.09 Å². The normalized spacial score (nSPS) is 21.5. The molecule has 1 aliphatic heterocycles. The van der Waals surface area contributed by atoms with Gasteiger partial charge in [0.05, 0.1) is 5.25 Å². The van der Waals surface area contributed by atoms with Crippen LogP contribution in [0.1, 0.15) is 47.0 Å². The first-order valence-electron chi connectivity index (χ1n) is 7.60. The molecule has 1 amide bonds. The fourth-order valence-electron chi connectivity index (χ4n) is 2.22. The van der Waals surface area contributed by atoms with Crippen molar-refractivity contribution in [2.24, 2.45) is 0 Å². The molecule has 6 nitrogen and oxygen atoms in total. The van der Waals surface area contributed by atoms with E-state index in [1.807, 2.05) is 20.8 Å². The number of rotatable bonds is 5. The highest BCUT2D eigenvalue weighted by Crippen LogP contribution is 2.17. The molecule has 22 heavy (non-hydrogen) atoms. The van der Waals surface area contributed by atoms with Crippen LogP contribution in [0.4, 0.5) is 4.79 Å². The van der Waals surface area contributed by atoms with Gasteiger partial charge in [-0.25, -0.2) is 17.9 Å². The summed E-state index contributed by atoms with van der Waals surface area (Å²) in [5.74, 6) is 0.302. The molecule has 130 valence electrons. The number of piperidine rings is 1. The molecule has 0 radical (unpaired) electrons. The third kappa shape index (κ3) is 6.30. The number of nitrogens with one attached hydrogen (secondary N) is 1. The smallest absolute Gasteiger partial charge is 0.410 e. The van der Waals surface area contributed by atoms with Crippen LogP contribution in [0.2, 0.25) is 0 Å². The Morgan fingerprint density at radius 1 is 1.45 bits per heavy atom. The van der Waals surface area contributed by atoms with E-state index in [1.165, 1.54) is 0 Å². The van der Waals surface area contributed by atoms with Gasteiger partial charge in [-0.1, -0.05) is 0 Å². The first kappa shape index (κ1) is 19.5. The van der Waals surface area contributed by atoms with E-state index in [1.54, 1.807) is 11.8 Å². The van der Waals surface area contributed by atoms with Gasteiger partial charge in [-0.05, 0) is 47.0 Å². The van der Waals surface area contributed by atoms with Crippen molar-refractivity contribution in [2.75, 3.05) is 19.0 Å². The van der Waals surface area contributed by atoms with E-state index in [2.05, 4.69) is 4.72 Å². The summed E-state index contributed by atoms with van der Waals surface area (Å²) in [5, 5.41) is -0.540. The van der Waals surface area contributed by atoms with Crippen LogP contribution in [0.3, 0.4) is 0 Å². The van der Waals surface area contributed by atoms with Crippen LogP contribution in [-0.2, 0) is 14.8 Å². The molecule has 2 atom stereocenters. The van der Waals surface area contributed by atoms with Gasteiger partial charge < -0.3 is 9.64 Å². The molecular weight excluding hydrogens is 328 g/mol. The Hall–Kier alpha value is -0.530. The molecule has 1 saturated heterocycles. The molecular formula is C14H27ClN2O4S. The van der Waals surface area contributed by atoms with Crippen molar-refractivity contribution in [1.82, 2.24) is 9.62 Å². The number of carbonyl (C=O) groups excluding carboxylic acids is 1. The van der Waals surface area contributed by atoms with E-state index in [0.29, 0.717) is 31.8 Å². The third-order valence-corrected chi connectivity index (χ3v) is 5.62. The van der Waals surface area contributed by atoms with Gasteiger partial charge in [0.1, 0.15) is 5.60 Å². The zero-order valence-electron chi connectivity index (χ0n) is 13.8. The van der Waals surface area contributed by atoms with E-state index in [4.69, 9.17) is 16.3 Å². The molecule has 1 N–H and O–H groups in total. The molecule has 8 heteroatoms. The predicted octanol–water partition coefficient (Wildman–Crippen LogP) is 2.32. The van der Waals surface area contributed by atoms with Gasteiger partial charge in [0.15, 0.2) is 0 Å². The number of amides is 1. The Bertz CT molecular complexity index is 476. The quantitative estimate of drug-likeness (QED) is 0.769. The molecule has 0 aromatic carbocycles. The summed E-state index contributed by atoms with van der Waals surface area (Å²) in [6, 6.07) is -0.274. The lowest BCUT2D eigenvalue weighted by molar-refractivity contribution is 0.0195. The highest BCUT2D eigenvalue weighted by atomic mass is 35.5. The molecule has 0 unspecified atom stereocenters. The Morgan fingerprint density at radius 3 is 2.64 bits per heavy atom. The number of hydrogen-bond donors (Lipinski definition) is 1. The number of hydrogen-bond acceptors (Lipinski definition) is 4. The highest BCUT2D eigenvalue weighted by molar-refractivity contribution is 7.90. The van der Waals surface area contributed by atoms with Gasteiger partial charge in [-0.15, -0.1) is 11.6 Å². The largest absolute Gasteiger partial charge is 0.444 e. The van der Waals surface area contributed by atoms with Crippen molar-refractivity contribution < 1.29 is 17.9 Å². The van der Waals surface area contributed by atoms with Gasteiger partial charge in [-0.2, -0.15) is 0 Å². The molecule has 0 bridgehead atoms.